The topological polar surface area (TPSA) is 99.1 Å². The SMILES string of the molecule is O=C(N[C@H]1CC[C@@H](C(=O)O)C1)C1=NN(c2ccccc2)C(=O)CC1. The number of amides is 2. The van der Waals surface area contributed by atoms with Crippen LogP contribution >= 0.6 is 0 Å². The largest absolute Gasteiger partial charge is 0.481 e. The molecule has 0 bridgehead atoms. The number of nitrogens with zero attached hydrogens (tertiary/aromatic N) is 2. The molecular formula is C17H19N3O4. The van der Waals surface area contributed by atoms with Crippen molar-refractivity contribution in [1.29, 1.82) is 0 Å². The van der Waals surface area contributed by atoms with E-state index in [-0.39, 0.29) is 24.3 Å². The van der Waals surface area contributed by atoms with Gasteiger partial charge in [-0.3, -0.25) is 14.4 Å². The minimum atomic E-state index is -0.817. The second-order valence-electron chi connectivity index (χ2n) is 6.11. The van der Waals surface area contributed by atoms with Crippen molar-refractivity contribution < 1.29 is 19.5 Å². The molecule has 1 aromatic rings. The zero-order valence-electron chi connectivity index (χ0n) is 13.1. The molecule has 24 heavy (non-hydrogen) atoms. The van der Waals surface area contributed by atoms with E-state index in [0.717, 1.165) is 0 Å². The fraction of sp³-hybridized carbons (Fsp3) is 0.412. The number of hydrazone groups is 1. The summed E-state index contributed by atoms with van der Waals surface area (Å²) in [6.45, 7) is 0. The molecular weight excluding hydrogens is 310 g/mol. The van der Waals surface area contributed by atoms with E-state index in [4.69, 9.17) is 5.11 Å². The van der Waals surface area contributed by atoms with Crippen LogP contribution in [0.4, 0.5) is 5.69 Å². The lowest BCUT2D eigenvalue weighted by Gasteiger charge is -2.23. The molecule has 2 atom stereocenters. The molecule has 3 rings (SSSR count). The number of carboxylic acids is 1. The van der Waals surface area contributed by atoms with Crippen LogP contribution in [0.15, 0.2) is 35.4 Å². The van der Waals surface area contributed by atoms with E-state index in [1.165, 1.54) is 5.01 Å². The van der Waals surface area contributed by atoms with Crippen LogP contribution in [0.3, 0.4) is 0 Å². The predicted molar refractivity (Wildman–Crippen MR) is 87.5 cm³/mol. The van der Waals surface area contributed by atoms with Crippen LogP contribution in [0.25, 0.3) is 0 Å². The van der Waals surface area contributed by atoms with E-state index >= 15 is 0 Å². The molecule has 0 unspecified atom stereocenters. The molecule has 2 N–H and O–H groups in total. The number of nitrogens with one attached hydrogen (secondary N) is 1. The first kappa shape index (κ1) is 16.2. The normalized spacial score (nSPS) is 23.8. The highest BCUT2D eigenvalue weighted by atomic mass is 16.4. The van der Waals surface area contributed by atoms with Crippen LogP contribution in [0.5, 0.6) is 0 Å². The Morgan fingerprint density at radius 3 is 2.58 bits per heavy atom. The maximum Gasteiger partial charge on any atom is 0.306 e. The molecule has 0 saturated heterocycles. The number of aliphatic carboxylic acids is 1. The number of hydrogen-bond donors (Lipinski definition) is 2. The number of anilines is 1. The Morgan fingerprint density at radius 2 is 1.92 bits per heavy atom. The van der Waals surface area contributed by atoms with Crippen LogP contribution in [0.1, 0.15) is 32.1 Å². The van der Waals surface area contributed by atoms with Gasteiger partial charge in [-0.2, -0.15) is 5.10 Å². The molecule has 1 heterocycles. The minimum absolute atomic E-state index is 0.149. The fourth-order valence-corrected chi connectivity index (χ4v) is 3.09. The summed E-state index contributed by atoms with van der Waals surface area (Å²) in [6, 6.07) is 8.82. The molecule has 7 nitrogen and oxygen atoms in total. The van der Waals surface area contributed by atoms with E-state index in [1.807, 2.05) is 6.07 Å². The number of carboxylic acid groups (broad SMARTS) is 1. The summed E-state index contributed by atoms with van der Waals surface area (Å²) in [6.07, 6.45) is 2.18. The molecule has 2 amide bonds. The van der Waals surface area contributed by atoms with Gasteiger partial charge in [0.25, 0.3) is 5.91 Å². The van der Waals surface area contributed by atoms with Gasteiger partial charge in [-0.1, -0.05) is 18.2 Å². The molecule has 1 saturated carbocycles. The Morgan fingerprint density at radius 1 is 1.17 bits per heavy atom. The van der Waals surface area contributed by atoms with Crippen LogP contribution in [-0.2, 0) is 14.4 Å². The molecule has 7 heteroatoms. The van der Waals surface area contributed by atoms with Crippen LogP contribution in [-0.4, -0.2) is 34.6 Å². The van der Waals surface area contributed by atoms with Gasteiger partial charge in [-0.25, -0.2) is 5.01 Å². The second-order valence-corrected chi connectivity index (χ2v) is 6.11. The summed E-state index contributed by atoms with van der Waals surface area (Å²) in [5.41, 5.74) is 0.927. The highest BCUT2D eigenvalue weighted by Crippen LogP contribution is 2.26. The summed E-state index contributed by atoms with van der Waals surface area (Å²) < 4.78 is 0. The molecule has 0 aromatic heterocycles. The van der Waals surface area contributed by atoms with Crippen LogP contribution in [0.2, 0.25) is 0 Å². The maximum atomic E-state index is 12.4. The molecule has 0 radical (unpaired) electrons. The Balaban J connectivity index is 1.68. The van der Waals surface area contributed by atoms with Gasteiger partial charge in [0.05, 0.1) is 11.6 Å². The number of carbonyl (C=O) groups excluding carboxylic acids is 2. The van der Waals surface area contributed by atoms with E-state index < -0.39 is 11.9 Å². The van der Waals surface area contributed by atoms with Crippen LogP contribution < -0.4 is 10.3 Å². The smallest absolute Gasteiger partial charge is 0.306 e. The summed E-state index contributed by atoms with van der Waals surface area (Å²) in [4.78, 5) is 35.4. The van der Waals surface area contributed by atoms with Gasteiger partial charge >= 0.3 is 5.97 Å². The van der Waals surface area contributed by atoms with Gasteiger partial charge in [0.1, 0.15) is 5.71 Å². The van der Waals surface area contributed by atoms with Gasteiger partial charge in [0.2, 0.25) is 5.91 Å². The number of carbonyl (C=O) groups is 3. The van der Waals surface area contributed by atoms with Crippen molar-refractivity contribution in [3.05, 3.63) is 30.3 Å². The third-order valence-electron chi connectivity index (χ3n) is 4.41. The van der Waals surface area contributed by atoms with Gasteiger partial charge < -0.3 is 10.4 Å². The Labute approximate surface area is 139 Å². The number of benzene rings is 1. The maximum absolute atomic E-state index is 12.4. The van der Waals surface area contributed by atoms with Crippen molar-refractivity contribution in [3.8, 4) is 0 Å². The summed E-state index contributed by atoms with van der Waals surface area (Å²) in [5, 5.41) is 17.3. The molecule has 1 aromatic carbocycles. The first-order valence-electron chi connectivity index (χ1n) is 8.03. The third kappa shape index (κ3) is 3.45. The van der Waals surface area contributed by atoms with Crippen molar-refractivity contribution in [2.75, 3.05) is 5.01 Å². The van der Waals surface area contributed by atoms with Crippen molar-refractivity contribution in [2.45, 2.75) is 38.1 Å². The van der Waals surface area contributed by atoms with Crippen molar-refractivity contribution >= 4 is 29.2 Å². The highest BCUT2D eigenvalue weighted by Gasteiger charge is 2.32. The van der Waals surface area contributed by atoms with E-state index in [0.29, 0.717) is 37.1 Å². The number of para-hydroxylation sites is 1. The molecule has 0 spiro atoms. The second kappa shape index (κ2) is 6.82. The van der Waals surface area contributed by atoms with Crippen molar-refractivity contribution in [1.82, 2.24) is 5.32 Å². The minimum Gasteiger partial charge on any atom is -0.481 e. The summed E-state index contributed by atoms with van der Waals surface area (Å²) in [5.74, 6) is -1.68. The lowest BCUT2D eigenvalue weighted by atomic mass is 10.1. The van der Waals surface area contributed by atoms with Crippen LogP contribution in [0, 0.1) is 5.92 Å². The fourth-order valence-electron chi connectivity index (χ4n) is 3.09. The third-order valence-corrected chi connectivity index (χ3v) is 4.41. The van der Waals surface area contributed by atoms with E-state index in [2.05, 4.69) is 10.4 Å². The Hall–Kier alpha value is -2.70. The quantitative estimate of drug-likeness (QED) is 0.875. The molecule has 1 aliphatic heterocycles. The van der Waals surface area contributed by atoms with Gasteiger partial charge in [0, 0.05) is 18.9 Å². The molecule has 1 fully saturated rings. The van der Waals surface area contributed by atoms with Crippen molar-refractivity contribution in [3.63, 3.8) is 0 Å². The van der Waals surface area contributed by atoms with E-state index in [1.54, 1.807) is 24.3 Å². The number of hydrogen-bond acceptors (Lipinski definition) is 4. The lowest BCUT2D eigenvalue weighted by molar-refractivity contribution is -0.141. The zero-order chi connectivity index (χ0) is 17.1. The average molecular weight is 329 g/mol. The first-order valence-corrected chi connectivity index (χ1v) is 8.03. The summed E-state index contributed by atoms with van der Waals surface area (Å²) in [7, 11) is 0. The molecule has 126 valence electrons. The van der Waals surface area contributed by atoms with Crippen molar-refractivity contribution in [2.24, 2.45) is 11.0 Å². The van der Waals surface area contributed by atoms with Gasteiger partial charge in [-0.15, -0.1) is 0 Å². The lowest BCUT2D eigenvalue weighted by Crippen LogP contribution is -2.42. The molecule has 2 aliphatic rings. The van der Waals surface area contributed by atoms with E-state index in [9.17, 15) is 14.4 Å². The predicted octanol–water partition coefficient (Wildman–Crippen LogP) is 1.54. The first-order chi connectivity index (χ1) is 11.5. The van der Waals surface area contributed by atoms with Gasteiger partial charge in [0.15, 0.2) is 0 Å². The average Bonchev–Trinajstić information content (AvgIpc) is 3.05. The standard InChI is InChI=1S/C17H19N3O4/c21-15-9-8-14(19-20(15)13-4-2-1-3-5-13)16(22)18-12-7-6-11(10-12)17(23)24/h1-5,11-12H,6-10H2,(H,18,22)(H,23,24)/t11-,12+/m1/s1. The molecule has 1 aliphatic carbocycles. The Bertz CT molecular complexity index is 686. The zero-order valence-corrected chi connectivity index (χ0v) is 13.1. The monoisotopic (exact) mass is 329 g/mol. The highest BCUT2D eigenvalue weighted by molar-refractivity contribution is 6.40. The summed E-state index contributed by atoms with van der Waals surface area (Å²) >= 11 is 0. The Kier molecular flexibility index (Phi) is 4.59. The number of rotatable bonds is 4. The van der Waals surface area contributed by atoms with Gasteiger partial charge in [-0.05, 0) is 31.4 Å².